The van der Waals surface area contributed by atoms with E-state index in [4.69, 9.17) is 21.1 Å². The fourth-order valence-electron chi connectivity index (χ4n) is 2.62. The zero-order valence-electron chi connectivity index (χ0n) is 17.7. The summed E-state index contributed by atoms with van der Waals surface area (Å²) in [6.07, 6.45) is 0.572. The first-order chi connectivity index (χ1) is 15.5. The molecule has 0 aromatic carbocycles. The Kier molecular flexibility index (Phi) is 10.9. The molecule has 0 aliphatic heterocycles. The van der Waals surface area contributed by atoms with Gasteiger partial charge in [0.25, 0.3) is 0 Å². The largest absolute Gasteiger partial charge is 0.481 e. The van der Waals surface area contributed by atoms with Gasteiger partial charge < -0.3 is 47.1 Å². The molecule has 15 nitrogen and oxygen atoms in total. The van der Waals surface area contributed by atoms with E-state index in [0.29, 0.717) is 5.69 Å². The molecule has 5 atom stereocenters. The molecule has 15 heteroatoms. The third-order valence-corrected chi connectivity index (χ3v) is 4.48. The van der Waals surface area contributed by atoms with Crippen LogP contribution in [0.2, 0.25) is 0 Å². The van der Waals surface area contributed by atoms with Crippen LogP contribution in [-0.2, 0) is 30.4 Å². The van der Waals surface area contributed by atoms with Gasteiger partial charge in [-0.15, -0.1) is 0 Å². The smallest absolute Gasteiger partial charge is 0.328 e. The molecule has 0 fully saturated rings. The Balaban J connectivity index is 2.97. The Morgan fingerprint density at radius 1 is 1.06 bits per heavy atom. The zero-order chi connectivity index (χ0) is 25.1. The van der Waals surface area contributed by atoms with Crippen molar-refractivity contribution < 1.29 is 44.4 Å². The average molecular weight is 472 g/mol. The van der Waals surface area contributed by atoms with E-state index in [1.54, 1.807) is 0 Å². The molecule has 0 saturated carbocycles. The summed E-state index contributed by atoms with van der Waals surface area (Å²) >= 11 is 0. The van der Waals surface area contributed by atoms with E-state index in [1.165, 1.54) is 19.4 Å². The predicted octanol–water partition coefficient (Wildman–Crippen LogP) is -3.94. The SMILES string of the molecule is CC(O)C(NC(=O)C(Cc1cnc[nH]1)NC(=O)C(N)CCC(=O)O)C(=O)NC(CO)C(=O)O. The van der Waals surface area contributed by atoms with Crippen LogP contribution in [0, 0.1) is 0 Å². The molecule has 33 heavy (non-hydrogen) atoms. The van der Waals surface area contributed by atoms with E-state index in [9.17, 15) is 29.1 Å². The molecule has 1 aromatic rings. The number of nitrogens with two attached hydrogens (primary N) is 1. The van der Waals surface area contributed by atoms with Crippen molar-refractivity contribution >= 4 is 29.7 Å². The number of amides is 3. The van der Waals surface area contributed by atoms with Crippen molar-refractivity contribution in [2.45, 2.75) is 56.5 Å². The maximum Gasteiger partial charge on any atom is 0.328 e. The van der Waals surface area contributed by atoms with Gasteiger partial charge in [0.1, 0.15) is 18.1 Å². The first-order valence-corrected chi connectivity index (χ1v) is 9.83. The number of carboxylic acids is 2. The molecule has 0 aliphatic rings. The van der Waals surface area contributed by atoms with Gasteiger partial charge in [0.05, 0.1) is 25.1 Å². The van der Waals surface area contributed by atoms with Crippen molar-refractivity contribution in [2.24, 2.45) is 5.73 Å². The fraction of sp³-hybridized carbons (Fsp3) is 0.556. The summed E-state index contributed by atoms with van der Waals surface area (Å²) in [5.41, 5.74) is 6.10. The molecule has 1 rings (SSSR count). The molecule has 0 radical (unpaired) electrons. The predicted molar refractivity (Wildman–Crippen MR) is 109 cm³/mol. The fourth-order valence-corrected chi connectivity index (χ4v) is 2.62. The maximum atomic E-state index is 12.9. The minimum Gasteiger partial charge on any atom is -0.481 e. The summed E-state index contributed by atoms with van der Waals surface area (Å²) < 4.78 is 0. The first-order valence-electron chi connectivity index (χ1n) is 9.83. The Labute approximate surface area is 187 Å². The van der Waals surface area contributed by atoms with Gasteiger partial charge in [0.15, 0.2) is 0 Å². The molecular weight excluding hydrogens is 444 g/mol. The molecule has 184 valence electrons. The number of H-pyrrole nitrogens is 1. The van der Waals surface area contributed by atoms with E-state index >= 15 is 0 Å². The van der Waals surface area contributed by atoms with Crippen molar-refractivity contribution in [1.29, 1.82) is 0 Å². The molecule has 0 aliphatic carbocycles. The summed E-state index contributed by atoms with van der Waals surface area (Å²) in [5, 5.41) is 43.2. The molecule has 1 heterocycles. The number of aromatic amines is 1. The lowest BCUT2D eigenvalue weighted by Gasteiger charge is -2.26. The number of hydrogen-bond acceptors (Lipinski definition) is 9. The van der Waals surface area contributed by atoms with Gasteiger partial charge in [0.2, 0.25) is 17.7 Å². The number of nitrogens with zero attached hydrogens (tertiary/aromatic N) is 1. The molecule has 0 spiro atoms. The van der Waals surface area contributed by atoms with Gasteiger partial charge >= 0.3 is 11.9 Å². The number of aliphatic carboxylic acids is 2. The number of carbonyl (C=O) groups is 5. The van der Waals surface area contributed by atoms with E-state index in [-0.39, 0.29) is 19.3 Å². The number of imidazole rings is 1. The number of rotatable bonds is 14. The first kappa shape index (κ1) is 27.5. The third kappa shape index (κ3) is 9.22. The lowest BCUT2D eigenvalue weighted by Crippen LogP contribution is -2.60. The summed E-state index contributed by atoms with van der Waals surface area (Å²) in [5.74, 6) is -5.50. The second kappa shape index (κ2) is 13.1. The number of aromatic nitrogens is 2. The maximum absolute atomic E-state index is 12.9. The van der Waals surface area contributed by atoms with Crippen molar-refractivity contribution in [2.75, 3.05) is 6.61 Å². The zero-order valence-corrected chi connectivity index (χ0v) is 17.7. The summed E-state index contributed by atoms with van der Waals surface area (Å²) in [6.45, 7) is 0.248. The molecule has 10 N–H and O–H groups in total. The highest BCUT2D eigenvalue weighted by Crippen LogP contribution is 2.04. The monoisotopic (exact) mass is 472 g/mol. The topological polar surface area (TPSA) is 257 Å². The lowest BCUT2D eigenvalue weighted by molar-refractivity contribution is -0.144. The van der Waals surface area contributed by atoms with Gasteiger partial charge in [0, 0.05) is 24.7 Å². The molecule has 1 aromatic heterocycles. The Morgan fingerprint density at radius 2 is 1.70 bits per heavy atom. The van der Waals surface area contributed by atoms with Crippen LogP contribution in [-0.4, -0.2) is 96.9 Å². The van der Waals surface area contributed by atoms with Gasteiger partial charge in [-0.1, -0.05) is 0 Å². The second-order valence-electron chi connectivity index (χ2n) is 7.19. The molecule has 0 bridgehead atoms. The Bertz CT molecular complexity index is 829. The number of hydrogen-bond donors (Lipinski definition) is 9. The number of aliphatic hydroxyl groups excluding tert-OH is 2. The molecule has 5 unspecified atom stereocenters. The number of nitrogens with one attached hydrogen (secondary N) is 4. The Morgan fingerprint density at radius 3 is 2.18 bits per heavy atom. The normalized spacial score (nSPS) is 15.4. The second-order valence-corrected chi connectivity index (χ2v) is 7.19. The van der Waals surface area contributed by atoms with E-state index < -0.39 is 66.5 Å². The van der Waals surface area contributed by atoms with Crippen LogP contribution in [0.5, 0.6) is 0 Å². The van der Waals surface area contributed by atoms with Crippen LogP contribution in [0.15, 0.2) is 12.5 Å². The van der Waals surface area contributed by atoms with E-state index in [2.05, 4.69) is 20.6 Å². The highest BCUT2D eigenvalue weighted by Gasteiger charge is 2.32. The van der Waals surface area contributed by atoms with Gasteiger partial charge in [-0.05, 0) is 13.3 Å². The molecule has 3 amide bonds. The van der Waals surface area contributed by atoms with Crippen LogP contribution in [0.25, 0.3) is 0 Å². The van der Waals surface area contributed by atoms with Crippen LogP contribution in [0.1, 0.15) is 25.5 Å². The third-order valence-electron chi connectivity index (χ3n) is 4.48. The van der Waals surface area contributed by atoms with Crippen molar-refractivity contribution in [3.05, 3.63) is 18.2 Å². The van der Waals surface area contributed by atoms with Crippen LogP contribution < -0.4 is 21.7 Å². The highest BCUT2D eigenvalue weighted by molar-refractivity contribution is 5.94. The Hall–Kier alpha value is -3.56. The van der Waals surface area contributed by atoms with Crippen LogP contribution in [0.4, 0.5) is 0 Å². The average Bonchev–Trinajstić information content (AvgIpc) is 3.25. The molecular formula is C18H28N6O9. The van der Waals surface area contributed by atoms with Crippen molar-refractivity contribution in [1.82, 2.24) is 25.9 Å². The van der Waals surface area contributed by atoms with Crippen molar-refractivity contribution in [3.63, 3.8) is 0 Å². The highest BCUT2D eigenvalue weighted by atomic mass is 16.4. The summed E-state index contributed by atoms with van der Waals surface area (Å²) in [6, 6.07) is -5.82. The van der Waals surface area contributed by atoms with Crippen LogP contribution >= 0.6 is 0 Å². The quantitative estimate of drug-likeness (QED) is 0.126. The lowest BCUT2D eigenvalue weighted by atomic mass is 10.1. The number of aliphatic hydroxyl groups is 2. The van der Waals surface area contributed by atoms with Crippen molar-refractivity contribution in [3.8, 4) is 0 Å². The standard InChI is InChI=1S/C18H28N6O9/c1-8(26)14(17(31)23-12(6-25)18(32)33)24-16(30)11(4-9-5-20-7-21-9)22-15(29)10(19)2-3-13(27)28/h5,7-8,10-12,14,25-26H,2-4,6,19H2,1H3,(H,20,21)(H,22,29)(H,23,31)(H,24,30)(H,27,28)(H,32,33). The minimum absolute atomic E-state index is 0.119. The summed E-state index contributed by atoms with van der Waals surface area (Å²) in [7, 11) is 0. The number of carboxylic acid groups (broad SMARTS) is 2. The van der Waals surface area contributed by atoms with Gasteiger partial charge in [-0.25, -0.2) is 9.78 Å². The van der Waals surface area contributed by atoms with E-state index in [0.717, 1.165) is 0 Å². The van der Waals surface area contributed by atoms with Gasteiger partial charge in [-0.3, -0.25) is 19.2 Å². The summed E-state index contributed by atoms with van der Waals surface area (Å²) in [4.78, 5) is 65.8. The van der Waals surface area contributed by atoms with Gasteiger partial charge in [-0.2, -0.15) is 0 Å². The molecule has 0 saturated heterocycles. The van der Waals surface area contributed by atoms with E-state index in [1.807, 2.05) is 5.32 Å². The van der Waals surface area contributed by atoms with Crippen LogP contribution in [0.3, 0.4) is 0 Å². The number of carbonyl (C=O) groups excluding carboxylic acids is 3. The minimum atomic E-state index is -1.66.